The minimum Gasteiger partial charge on any atom is -0.309 e. The van der Waals surface area contributed by atoms with E-state index in [9.17, 15) is 4.79 Å². The molecule has 1 heterocycles. The van der Waals surface area contributed by atoms with E-state index >= 15 is 0 Å². The first-order chi connectivity index (χ1) is 11.6. The largest absolute Gasteiger partial charge is 0.309 e. The Hall–Kier alpha value is -1.17. The molecule has 24 heavy (non-hydrogen) atoms. The Morgan fingerprint density at radius 1 is 1.29 bits per heavy atom. The summed E-state index contributed by atoms with van der Waals surface area (Å²) in [6, 6.07) is 5.80. The highest BCUT2D eigenvalue weighted by Gasteiger charge is 2.29. The van der Waals surface area contributed by atoms with Crippen LogP contribution in [0.5, 0.6) is 0 Å². The number of aromatic nitrogens is 1. The van der Waals surface area contributed by atoms with Gasteiger partial charge in [0.2, 0.25) is 5.91 Å². The first-order valence-corrected chi connectivity index (χ1v) is 9.77. The topological polar surface area (TPSA) is 36.4 Å². The summed E-state index contributed by atoms with van der Waals surface area (Å²) >= 11 is 7.82. The van der Waals surface area contributed by atoms with Gasteiger partial charge in [-0.2, -0.15) is 0 Å². The monoisotopic (exact) mass is 365 g/mol. The second-order valence-electron chi connectivity index (χ2n) is 6.71. The molecule has 1 saturated carbocycles. The Labute approximate surface area is 152 Å². The lowest BCUT2D eigenvalue weighted by molar-refractivity contribution is -0.122. The lowest BCUT2D eigenvalue weighted by Crippen LogP contribution is -2.37. The van der Waals surface area contributed by atoms with Crippen molar-refractivity contribution < 1.29 is 4.79 Å². The average Bonchev–Trinajstić information content (AvgIpc) is 3.20. The minimum absolute atomic E-state index is 0.159. The van der Waals surface area contributed by atoms with Gasteiger partial charge in [-0.3, -0.25) is 9.69 Å². The summed E-state index contributed by atoms with van der Waals surface area (Å²) in [6.45, 7) is 1.67. The predicted molar refractivity (Wildman–Crippen MR) is 102 cm³/mol. The van der Waals surface area contributed by atoms with Gasteiger partial charge in [-0.05, 0) is 52.0 Å². The molecule has 6 heteroatoms. The first kappa shape index (κ1) is 17.6. The summed E-state index contributed by atoms with van der Waals surface area (Å²) in [4.78, 5) is 21.8. The smallest absolute Gasteiger partial charge is 0.231 e. The van der Waals surface area contributed by atoms with Crippen LogP contribution in [0.3, 0.4) is 0 Å². The van der Waals surface area contributed by atoms with E-state index in [1.54, 1.807) is 11.3 Å². The molecule has 3 rings (SSSR count). The number of rotatable bonds is 6. The highest BCUT2D eigenvalue weighted by Crippen LogP contribution is 2.35. The maximum atomic E-state index is 13.0. The van der Waals surface area contributed by atoms with E-state index in [0.717, 1.165) is 54.0 Å². The third kappa shape index (κ3) is 3.90. The van der Waals surface area contributed by atoms with Crippen LogP contribution in [0.25, 0.3) is 10.2 Å². The van der Waals surface area contributed by atoms with Crippen LogP contribution in [0.2, 0.25) is 5.02 Å². The number of hydrogen-bond acceptors (Lipinski definition) is 4. The Balaban J connectivity index is 1.86. The fourth-order valence-corrected chi connectivity index (χ4v) is 4.55. The van der Waals surface area contributed by atoms with Gasteiger partial charge in [-0.1, -0.05) is 41.8 Å². The van der Waals surface area contributed by atoms with Gasteiger partial charge in [-0.25, -0.2) is 4.98 Å². The summed E-state index contributed by atoms with van der Waals surface area (Å²) in [5, 5.41) is 1.44. The highest BCUT2D eigenvalue weighted by atomic mass is 35.5. The van der Waals surface area contributed by atoms with Gasteiger partial charge in [0.1, 0.15) is 5.52 Å². The Morgan fingerprint density at radius 3 is 2.71 bits per heavy atom. The molecule has 0 N–H and O–H groups in total. The number of thiazole rings is 1. The van der Waals surface area contributed by atoms with Crippen molar-refractivity contribution in [3.05, 3.63) is 23.2 Å². The van der Waals surface area contributed by atoms with Crippen LogP contribution >= 0.6 is 22.9 Å². The van der Waals surface area contributed by atoms with Gasteiger partial charge in [0, 0.05) is 12.5 Å². The average molecular weight is 366 g/mol. The van der Waals surface area contributed by atoms with Crippen molar-refractivity contribution in [1.29, 1.82) is 0 Å². The molecule has 0 radical (unpaired) electrons. The molecular weight excluding hydrogens is 342 g/mol. The van der Waals surface area contributed by atoms with Crippen molar-refractivity contribution in [3.8, 4) is 0 Å². The molecule has 1 aromatic heterocycles. The third-order valence-electron chi connectivity index (χ3n) is 4.55. The molecule has 0 bridgehead atoms. The van der Waals surface area contributed by atoms with Crippen molar-refractivity contribution in [2.24, 2.45) is 5.92 Å². The zero-order chi connectivity index (χ0) is 17.1. The molecule has 130 valence electrons. The van der Waals surface area contributed by atoms with E-state index in [-0.39, 0.29) is 11.8 Å². The van der Waals surface area contributed by atoms with E-state index in [0.29, 0.717) is 11.6 Å². The molecule has 0 aliphatic heterocycles. The van der Waals surface area contributed by atoms with Crippen molar-refractivity contribution in [3.63, 3.8) is 0 Å². The number of para-hydroxylation sites is 1. The number of anilines is 1. The van der Waals surface area contributed by atoms with Crippen LogP contribution in [-0.2, 0) is 4.79 Å². The second kappa shape index (κ2) is 7.81. The van der Waals surface area contributed by atoms with E-state index < -0.39 is 0 Å². The van der Waals surface area contributed by atoms with Crippen LogP contribution in [0.1, 0.15) is 32.1 Å². The van der Waals surface area contributed by atoms with Gasteiger partial charge in [-0.15, -0.1) is 0 Å². The van der Waals surface area contributed by atoms with Crippen LogP contribution in [0, 0.1) is 5.92 Å². The van der Waals surface area contributed by atoms with Crippen molar-refractivity contribution in [1.82, 2.24) is 9.88 Å². The van der Waals surface area contributed by atoms with Crippen LogP contribution < -0.4 is 4.90 Å². The fraction of sp³-hybridized carbons (Fsp3) is 0.556. The molecule has 0 unspecified atom stereocenters. The van der Waals surface area contributed by atoms with Crippen molar-refractivity contribution in [2.45, 2.75) is 32.1 Å². The molecule has 0 atom stereocenters. The second-order valence-corrected chi connectivity index (χ2v) is 8.13. The summed E-state index contributed by atoms with van der Waals surface area (Å²) in [5.41, 5.74) is 0.802. The third-order valence-corrected chi connectivity index (χ3v) is 5.90. The minimum atomic E-state index is 0.159. The molecule has 1 aromatic carbocycles. The van der Waals surface area contributed by atoms with Crippen molar-refractivity contribution in [2.75, 3.05) is 32.1 Å². The maximum Gasteiger partial charge on any atom is 0.231 e. The van der Waals surface area contributed by atoms with Gasteiger partial charge in [0.25, 0.3) is 0 Å². The molecular formula is C18H24ClN3OS. The molecule has 1 aliphatic carbocycles. The number of fused-ring (bicyclic) bond motifs is 1. The SMILES string of the molecule is CN(C)CCCN(C(=O)C1CCCC1)c1nc2c(Cl)cccc2s1. The van der Waals surface area contributed by atoms with Gasteiger partial charge in [0.15, 0.2) is 5.13 Å². The number of halogens is 1. The highest BCUT2D eigenvalue weighted by molar-refractivity contribution is 7.22. The first-order valence-electron chi connectivity index (χ1n) is 8.57. The van der Waals surface area contributed by atoms with Crippen LogP contribution in [0.15, 0.2) is 18.2 Å². The standard InChI is InChI=1S/C18H24ClN3OS/c1-21(2)11-6-12-22(17(23)13-7-3-4-8-13)18-20-16-14(19)9-5-10-15(16)24-18/h5,9-10,13H,3-4,6-8,11-12H2,1-2H3. The summed E-state index contributed by atoms with van der Waals surface area (Å²) in [5.74, 6) is 0.397. The zero-order valence-corrected chi connectivity index (χ0v) is 15.9. The lowest BCUT2D eigenvalue weighted by Gasteiger charge is -2.24. The number of carbonyl (C=O) groups is 1. The van der Waals surface area contributed by atoms with Crippen LogP contribution in [-0.4, -0.2) is 43.0 Å². The van der Waals surface area contributed by atoms with Crippen molar-refractivity contribution >= 4 is 44.2 Å². The number of amides is 1. The Bertz CT molecular complexity index is 709. The van der Waals surface area contributed by atoms with E-state index in [2.05, 4.69) is 24.0 Å². The molecule has 0 spiro atoms. The van der Waals surface area contributed by atoms with E-state index in [4.69, 9.17) is 11.6 Å². The Morgan fingerprint density at radius 2 is 2.04 bits per heavy atom. The molecule has 1 aliphatic rings. The summed E-state index contributed by atoms with van der Waals surface area (Å²) < 4.78 is 1.04. The Kier molecular flexibility index (Phi) is 5.74. The molecule has 1 fully saturated rings. The molecule has 4 nitrogen and oxygen atoms in total. The normalized spacial score (nSPS) is 15.5. The molecule has 0 saturated heterocycles. The number of carbonyl (C=O) groups excluding carboxylic acids is 1. The predicted octanol–water partition coefficient (Wildman–Crippen LogP) is 4.42. The fourth-order valence-electron chi connectivity index (χ4n) is 3.26. The van der Waals surface area contributed by atoms with E-state index in [1.807, 2.05) is 23.1 Å². The van der Waals surface area contributed by atoms with E-state index in [1.165, 1.54) is 0 Å². The van der Waals surface area contributed by atoms with Gasteiger partial charge >= 0.3 is 0 Å². The lowest BCUT2D eigenvalue weighted by atomic mass is 10.1. The van der Waals surface area contributed by atoms with Gasteiger partial charge in [0.05, 0.1) is 9.72 Å². The molecule has 2 aromatic rings. The summed E-state index contributed by atoms with van der Waals surface area (Å²) in [7, 11) is 4.11. The number of hydrogen-bond donors (Lipinski definition) is 0. The maximum absolute atomic E-state index is 13.0. The van der Waals surface area contributed by atoms with Gasteiger partial charge < -0.3 is 4.90 Å². The van der Waals surface area contributed by atoms with Crippen LogP contribution in [0.4, 0.5) is 5.13 Å². The number of nitrogens with zero attached hydrogens (tertiary/aromatic N) is 3. The quantitative estimate of drug-likeness (QED) is 0.760. The number of benzene rings is 1. The zero-order valence-electron chi connectivity index (χ0n) is 14.3. The summed E-state index contributed by atoms with van der Waals surface area (Å²) in [6.07, 6.45) is 5.28. The molecule has 1 amide bonds.